The molecule has 48 heavy (non-hydrogen) atoms. The predicted molar refractivity (Wildman–Crippen MR) is 166 cm³/mol. The van der Waals surface area contributed by atoms with Gasteiger partial charge in [0.05, 0.1) is 44.5 Å². The van der Waals surface area contributed by atoms with Crippen LogP contribution in [0.25, 0.3) is 11.3 Å². The highest BCUT2D eigenvalue weighted by Crippen LogP contribution is 2.37. The summed E-state index contributed by atoms with van der Waals surface area (Å²) in [5, 5.41) is 22.3. The number of benzene rings is 1. The summed E-state index contributed by atoms with van der Waals surface area (Å²) >= 11 is 0. The second kappa shape index (κ2) is 13.9. The lowest BCUT2D eigenvalue weighted by molar-refractivity contribution is -0.202. The van der Waals surface area contributed by atoms with Crippen LogP contribution in [-0.4, -0.2) is 100 Å². The van der Waals surface area contributed by atoms with E-state index >= 15 is 0 Å². The molecule has 0 aliphatic carbocycles. The number of anilines is 2. The number of carbonyl (C=O) groups excluding carboxylic acids is 1. The Morgan fingerprint density at radius 3 is 2.58 bits per heavy atom. The van der Waals surface area contributed by atoms with Crippen LogP contribution in [0, 0.1) is 17.1 Å². The van der Waals surface area contributed by atoms with E-state index in [-0.39, 0.29) is 41.5 Å². The average Bonchev–Trinajstić information content (AvgIpc) is 3.05. The molecule has 6 rings (SSSR count). The Kier molecular flexibility index (Phi) is 9.68. The highest BCUT2D eigenvalue weighted by Gasteiger charge is 2.47. The number of halogens is 3. The van der Waals surface area contributed by atoms with Crippen molar-refractivity contribution in [2.45, 2.75) is 62.8 Å². The average molecular weight is 668 g/mol. The molecule has 3 saturated heterocycles. The quantitative estimate of drug-likeness (QED) is 0.316. The molecule has 3 aromatic rings. The zero-order valence-electron chi connectivity index (χ0n) is 26.5. The van der Waals surface area contributed by atoms with Crippen LogP contribution in [0.4, 0.5) is 24.9 Å². The van der Waals surface area contributed by atoms with Gasteiger partial charge in [-0.1, -0.05) is 0 Å². The van der Waals surface area contributed by atoms with Crippen LogP contribution >= 0.6 is 0 Å². The van der Waals surface area contributed by atoms with Gasteiger partial charge >= 0.3 is 6.05 Å². The fraction of sp³-hybridized carbons (Fsp3) is 0.485. The molecule has 1 aromatic carbocycles. The van der Waals surface area contributed by atoms with E-state index < -0.39 is 36.4 Å². The maximum absolute atomic E-state index is 15.0. The zero-order chi connectivity index (χ0) is 34.0. The van der Waals surface area contributed by atoms with Crippen molar-refractivity contribution in [3.05, 3.63) is 53.5 Å². The van der Waals surface area contributed by atoms with Crippen molar-refractivity contribution in [3.8, 4) is 29.0 Å². The van der Waals surface area contributed by atoms with Crippen molar-refractivity contribution in [1.82, 2.24) is 24.8 Å². The van der Waals surface area contributed by atoms with E-state index in [9.17, 15) is 28.3 Å². The molecule has 3 aliphatic rings. The first-order chi connectivity index (χ1) is 23.1. The van der Waals surface area contributed by atoms with Crippen LogP contribution in [0.2, 0.25) is 0 Å². The summed E-state index contributed by atoms with van der Waals surface area (Å²) in [6.45, 7) is 4.35. The summed E-state index contributed by atoms with van der Waals surface area (Å²) < 4.78 is 61.1. The molecule has 0 bridgehead atoms. The Labute approximate surface area is 275 Å². The number of amides is 1. The molecule has 15 heteroatoms. The summed E-state index contributed by atoms with van der Waals surface area (Å²) in [4.78, 5) is 27.8. The Morgan fingerprint density at radius 2 is 1.94 bits per heavy atom. The second-order valence-electron chi connectivity index (χ2n) is 12.2. The van der Waals surface area contributed by atoms with Crippen LogP contribution in [-0.2, 0) is 9.53 Å². The van der Waals surface area contributed by atoms with Gasteiger partial charge in [-0.05, 0) is 69.1 Å². The van der Waals surface area contributed by atoms with Gasteiger partial charge in [-0.3, -0.25) is 14.6 Å². The van der Waals surface area contributed by atoms with Crippen molar-refractivity contribution < 1.29 is 37.3 Å². The van der Waals surface area contributed by atoms with Crippen molar-refractivity contribution in [3.63, 3.8) is 0 Å². The van der Waals surface area contributed by atoms with Gasteiger partial charge in [0.2, 0.25) is 11.8 Å². The third kappa shape index (κ3) is 7.01. The monoisotopic (exact) mass is 667 g/mol. The summed E-state index contributed by atoms with van der Waals surface area (Å²) in [5.74, 6) is -0.532. The molecule has 254 valence electrons. The number of nitrogens with one attached hydrogen (secondary N) is 1. The Bertz CT molecular complexity index is 1690. The smallest absolute Gasteiger partial charge is 0.331 e. The lowest BCUT2D eigenvalue weighted by atomic mass is 9.89. The van der Waals surface area contributed by atoms with E-state index in [1.807, 2.05) is 12.1 Å². The minimum Gasteiger partial charge on any atom is -0.489 e. The van der Waals surface area contributed by atoms with Crippen LogP contribution in [0.5, 0.6) is 11.6 Å². The van der Waals surface area contributed by atoms with Crippen LogP contribution in [0.3, 0.4) is 0 Å². The van der Waals surface area contributed by atoms with Gasteiger partial charge in [-0.2, -0.15) is 19.0 Å². The zero-order valence-corrected chi connectivity index (χ0v) is 26.5. The molecule has 5 heterocycles. The maximum atomic E-state index is 15.0. The van der Waals surface area contributed by atoms with Gasteiger partial charge in [0.25, 0.3) is 5.91 Å². The highest BCUT2D eigenvalue weighted by atomic mass is 19.3. The molecule has 1 amide bonds. The molecular formula is C33H36F3N7O5. The van der Waals surface area contributed by atoms with Crippen molar-refractivity contribution in [2.24, 2.45) is 0 Å². The molecule has 3 fully saturated rings. The number of aliphatic hydroxyl groups is 1. The number of piperidine rings is 2. The first-order valence-electron chi connectivity index (χ1n) is 15.8. The van der Waals surface area contributed by atoms with Crippen molar-refractivity contribution >= 4 is 17.7 Å². The van der Waals surface area contributed by atoms with E-state index in [0.717, 1.165) is 57.8 Å². The lowest BCUT2D eigenvalue weighted by Gasteiger charge is -2.41. The Balaban J connectivity index is 1.14. The van der Waals surface area contributed by atoms with Crippen LogP contribution in [0.15, 0.2) is 36.5 Å². The number of nitrogens with zero attached hydrogens (tertiary/aromatic N) is 6. The number of hydrogen-bond acceptors (Lipinski definition) is 11. The third-order valence-electron chi connectivity index (χ3n) is 9.01. The predicted octanol–water partition coefficient (Wildman–Crippen LogP) is 4.22. The molecule has 12 nitrogen and oxygen atoms in total. The van der Waals surface area contributed by atoms with Gasteiger partial charge in [0.1, 0.15) is 35.5 Å². The molecule has 2 unspecified atom stereocenters. The van der Waals surface area contributed by atoms with E-state index in [2.05, 4.69) is 25.2 Å². The number of aromatic nitrogens is 3. The van der Waals surface area contributed by atoms with E-state index in [4.69, 9.17) is 14.2 Å². The van der Waals surface area contributed by atoms with Gasteiger partial charge in [-0.15, -0.1) is 0 Å². The number of alkyl halides is 2. The molecule has 0 saturated carbocycles. The third-order valence-corrected chi connectivity index (χ3v) is 9.01. The van der Waals surface area contributed by atoms with Gasteiger partial charge in [0.15, 0.2) is 5.82 Å². The van der Waals surface area contributed by atoms with Crippen LogP contribution in [0.1, 0.15) is 49.7 Å². The number of methoxy groups -OCH3 is 1. The number of nitriles is 1. The number of likely N-dealkylation sites (tertiary alicyclic amines) is 2. The number of pyridine rings is 1. The first-order valence-corrected chi connectivity index (χ1v) is 15.8. The van der Waals surface area contributed by atoms with Crippen molar-refractivity contribution in [2.75, 3.05) is 45.3 Å². The molecule has 2 atom stereocenters. The van der Waals surface area contributed by atoms with Gasteiger partial charge in [0, 0.05) is 24.1 Å². The van der Waals surface area contributed by atoms with Gasteiger partial charge < -0.3 is 24.6 Å². The fourth-order valence-corrected chi connectivity index (χ4v) is 6.32. The van der Waals surface area contributed by atoms with Crippen molar-refractivity contribution in [1.29, 1.82) is 5.26 Å². The minimum atomic E-state index is -3.54. The molecular weight excluding hydrogens is 631 g/mol. The van der Waals surface area contributed by atoms with Crippen LogP contribution < -0.4 is 14.8 Å². The molecule has 0 radical (unpaired) electrons. The van der Waals surface area contributed by atoms with E-state index in [1.165, 1.54) is 18.2 Å². The SMILES string of the molecule is COc1nc(Nc2ncc(F)c(-c3ccc(OC4CCN(C(=O)C(C)O)C(F)(F)C4)c(C#N)c3)n2)ccc1C1CCN(C2COC2)CC1. The van der Waals surface area contributed by atoms with E-state index in [1.54, 1.807) is 13.2 Å². The largest absolute Gasteiger partial charge is 0.489 e. The summed E-state index contributed by atoms with van der Waals surface area (Å²) in [6, 6.07) is 6.91. The Hall–Kier alpha value is -4.52. The number of hydrogen-bond donors (Lipinski definition) is 2. The standard InChI is InChI=1S/C33H36F3N7O5/c1-19(44)31(45)43-12-9-24(14-33(43,35)36)48-27-5-3-21(13-22(27)15-37)29-26(34)16-38-32(41-29)40-28-6-4-25(30(39-28)46-2)20-7-10-42(11-8-20)23-17-47-18-23/h3-6,13,16,19-20,23-24,44H,7-12,14,17-18H2,1-2H3,(H,38,39,40,41). The number of aliphatic hydroxyl groups excluding tert-OH is 1. The summed E-state index contributed by atoms with van der Waals surface area (Å²) in [6.07, 6.45) is -0.357. The fourth-order valence-electron chi connectivity index (χ4n) is 6.32. The minimum absolute atomic E-state index is 0.0142. The number of carbonyl (C=O) groups is 1. The lowest BCUT2D eigenvalue weighted by Crippen LogP contribution is -2.55. The Morgan fingerprint density at radius 1 is 1.17 bits per heavy atom. The molecule has 2 aromatic heterocycles. The summed E-state index contributed by atoms with van der Waals surface area (Å²) in [7, 11) is 1.57. The molecule has 0 spiro atoms. The normalized spacial score (nSPS) is 20.8. The van der Waals surface area contributed by atoms with E-state index in [0.29, 0.717) is 28.6 Å². The summed E-state index contributed by atoms with van der Waals surface area (Å²) in [5.41, 5.74) is 1.14. The number of ether oxygens (including phenoxy) is 3. The van der Waals surface area contributed by atoms with Gasteiger partial charge in [-0.25, -0.2) is 14.4 Å². The second-order valence-corrected chi connectivity index (χ2v) is 12.2. The topological polar surface area (TPSA) is 146 Å². The molecule has 2 N–H and O–H groups in total. The number of rotatable bonds is 9. The molecule has 3 aliphatic heterocycles. The highest BCUT2D eigenvalue weighted by molar-refractivity contribution is 5.80. The maximum Gasteiger partial charge on any atom is 0.331 e. The first kappa shape index (κ1) is 33.4.